The number of carboxylic acids is 1. The van der Waals surface area contributed by atoms with Gasteiger partial charge in [-0.3, -0.25) is 4.79 Å². The van der Waals surface area contributed by atoms with Crippen LogP contribution in [-0.2, 0) is 4.79 Å². The maximum atomic E-state index is 10.7. The molecule has 25 heavy (non-hydrogen) atoms. The van der Waals surface area contributed by atoms with Crippen molar-refractivity contribution < 1.29 is 9.90 Å². The Hall–Kier alpha value is -0.650. The van der Waals surface area contributed by atoms with Crippen LogP contribution in [0.1, 0.15) is 84.0 Å². The third-order valence-corrected chi connectivity index (χ3v) is 4.62. The van der Waals surface area contributed by atoms with E-state index in [9.17, 15) is 4.79 Å². The molecule has 4 N–H and O–H groups in total. The molecule has 5 nitrogen and oxygen atoms in total. The molecular weight excluding hydrogens is 314 g/mol. The highest BCUT2D eigenvalue weighted by Crippen LogP contribution is 2.11. The Labute approximate surface area is 155 Å². The molecule has 0 aliphatic heterocycles. The molecule has 150 valence electrons. The van der Waals surface area contributed by atoms with Gasteiger partial charge >= 0.3 is 5.97 Å². The van der Waals surface area contributed by atoms with Crippen molar-refractivity contribution in [2.45, 2.75) is 84.0 Å². The average molecular weight is 358 g/mol. The molecule has 0 saturated heterocycles. The van der Waals surface area contributed by atoms with Gasteiger partial charge in [0, 0.05) is 32.6 Å². The zero-order chi connectivity index (χ0) is 18.6. The van der Waals surface area contributed by atoms with Gasteiger partial charge in [0.1, 0.15) is 0 Å². The molecule has 0 spiro atoms. The first-order valence-electron chi connectivity index (χ1n) is 10.6. The van der Waals surface area contributed by atoms with Crippen molar-refractivity contribution in [3.63, 3.8) is 0 Å². The van der Waals surface area contributed by atoms with E-state index in [4.69, 9.17) is 10.8 Å². The monoisotopic (exact) mass is 357 g/mol. The van der Waals surface area contributed by atoms with Crippen LogP contribution in [0.2, 0.25) is 0 Å². The summed E-state index contributed by atoms with van der Waals surface area (Å²) in [4.78, 5) is 13.1. The summed E-state index contributed by atoms with van der Waals surface area (Å²) in [5.74, 6) is -0.694. The van der Waals surface area contributed by atoms with E-state index in [0.29, 0.717) is 6.54 Å². The van der Waals surface area contributed by atoms with Crippen LogP contribution in [0, 0.1) is 0 Å². The second kappa shape index (κ2) is 19.7. The largest absolute Gasteiger partial charge is 0.481 e. The quantitative estimate of drug-likeness (QED) is 0.290. The number of unbranched alkanes of at least 4 members (excludes halogenated alkanes) is 9. The number of nitrogens with one attached hydrogen (secondary N) is 1. The van der Waals surface area contributed by atoms with Gasteiger partial charge in [0.2, 0.25) is 0 Å². The molecule has 0 aromatic heterocycles. The molecule has 0 bridgehead atoms. The summed E-state index contributed by atoms with van der Waals surface area (Å²) in [5.41, 5.74) is 5.49. The minimum absolute atomic E-state index is 0.269. The van der Waals surface area contributed by atoms with Crippen LogP contribution in [0.15, 0.2) is 0 Å². The highest BCUT2D eigenvalue weighted by Gasteiger charge is 2.06. The lowest BCUT2D eigenvalue weighted by Gasteiger charge is -2.22. The molecule has 0 heterocycles. The van der Waals surface area contributed by atoms with Gasteiger partial charge in [0.25, 0.3) is 0 Å². The Morgan fingerprint density at radius 2 is 1.40 bits per heavy atom. The van der Waals surface area contributed by atoms with Crippen LogP contribution < -0.4 is 11.1 Å². The van der Waals surface area contributed by atoms with Crippen molar-refractivity contribution in [1.29, 1.82) is 0 Å². The smallest absolute Gasteiger partial charge is 0.303 e. The molecule has 0 saturated carbocycles. The summed E-state index contributed by atoms with van der Waals surface area (Å²) < 4.78 is 0. The third-order valence-electron chi connectivity index (χ3n) is 4.62. The molecule has 0 fully saturated rings. The standard InChI is InChI=1S/C20H43N3O2/c1-2-3-4-5-6-7-8-9-10-11-17-23(18-12-13-20(24)25)19-16-22-15-14-21/h22H,2-19,21H2,1H3,(H,24,25). The van der Waals surface area contributed by atoms with Crippen molar-refractivity contribution in [3.8, 4) is 0 Å². The van der Waals surface area contributed by atoms with E-state index in [1.54, 1.807) is 0 Å². The highest BCUT2D eigenvalue weighted by atomic mass is 16.4. The molecule has 0 atom stereocenters. The van der Waals surface area contributed by atoms with Crippen molar-refractivity contribution in [3.05, 3.63) is 0 Å². The van der Waals surface area contributed by atoms with E-state index in [2.05, 4.69) is 17.1 Å². The lowest BCUT2D eigenvalue weighted by molar-refractivity contribution is -0.137. The number of rotatable bonds is 20. The summed E-state index contributed by atoms with van der Waals surface area (Å²) in [6.45, 7) is 7.66. The Morgan fingerprint density at radius 3 is 1.96 bits per heavy atom. The molecule has 0 aliphatic carbocycles. The Morgan fingerprint density at radius 1 is 0.840 bits per heavy atom. The lowest BCUT2D eigenvalue weighted by Crippen LogP contribution is -2.35. The first kappa shape index (κ1) is 24.4. The zero-order valence-corrected chi connectivity index (χ0v) is 16.6. The van der Waals surface area contributed by atoms with Crippen molar-refractivity contribution >= 4 is 5.97 Å². The fourth-order valence-corrected chi connectivity index (χ4v) is 3.08. The number of nitrogens with two attached hydrogens (primary N) is 1. The average Bonchev–Trinajstić information content (AvgIpc) is 2.59. The van der Waals surface area contributed by atoms with Gasteiger partial charge in [-0.25, -0.2) is 0 Å². The topological polar surface area (TPSA) is 78.6 Å². The summed E-state index contributed by atoms with van der Waals surface area (Å²) in [6.07, 6.45) is 14.5. The van der Waals surface area contributed by atoms with E-state index in [0.717, 1.165) is 39.1 Å². The molecule has 0 rings (SSSR count). The Balaban J connectivity index is 3.64. The second-order valence-corrected chi connectivity index (χ2v) is 7.06. The third kappa shape index (κ3) is 19.5. The summed E-state index contributed by atoms with van der Waals surface area (Å²) in [5, 5.41) is 12.1. The van der Waals surface area contributed by atoms with Gasteiger partial charge in [-0.05, 0) is 25.9 Å². The predicted molar refractivity (Wildman–Crippen MR) is 107 cm³/mol. The van der Waals surface area contributed by atoms with E-state index in [1.807, 2.05) is 0 Å². The number of hydrogen-bond donors (Lipinski definition) is 3. The van der Waals surface area contributed by atoms with Gasteiger partial charge in [0.05, 0.1) is 0 Å². The molecule has 0 aromatic rings. The fraction of sp³-hybridized carbons (Fsp3) is 0.950. The van der Waals surface area contributed by atoms with Crippen LogP contribution >= 0.6 is 0 Å². The summed E-state index contributed by atoms with van der Waals surface area (Å²) in [6, 6.07) is 0. The molecule has 0 aromatic carbocycles. The SMILES string of the molecule is CCCCCCCCCCCCN(CCCC(=O)O)CCNCCN. The maximum Gasteiger partial charge on any atom is 0.303 e. The Bertz CT molecular complexity index is 288. The normalized spacial score (nSPS) is 11.3. The first-order chi connectivity index (χ1) is 12.2. The van der Waals surface area contributed by atoms with Gasteiger partial charge in [-0.2, -0.15) is 0 Å². The van der Waals surface area contributed by atoms with Crippen molar-refractivity contribution in [2.24, 2.45) is 5.73 Å². The van der Waals surface area contributed by atoms with E-state index < -0.39 is 5.97 Å². The Kier molecular flexibility index (Phi) is 19.2. The summed E-state index contributed by atoms with van der Waals surface area (Å²) >= 11 is 0. The molecule has 0 unspecified atom stereocenters. The predicted octanol–water partition coefficient (Wildman–Crippen LogP) is 3.62. The van der Waals surface area contributed by atoms with E-state index >= 15 is 0 Å². The minimum atomic E-state index is -0.694. The maximum absolute atomic E-state index is 10.7. The van der Waals surface area contributed by atoms with E-state index in [1.165, 1.54) is 64.2 Å². The zero-order valence-electron chi connectivity index (χ0n) is 16.6. The van der Waals surface area contributed by atoms with E-state index in [-0.39, 0.29) is 6.42 Å². The van der Waals surface area contributed by atoms with Crippen LogP contribution in [0.5, 0.6) is 0 Å². The highest BCUT2D eigenvalue weighted by molar-refractivity contribution is 5.66. The second-order valence-electron chi connectivity index (χ2n) is 7.06. The van der Waals surface area contributed by atoms with Crippen molar-refractivity contribution in [1.82, 2.24) is 10.2 Å². The van der Waals surface area contributed by atoms with Crippen LogP contribution in [-0.4, -0.2) is 55.2 Å². The van der Waals surface area contributed by atoms with Gasteiger partial charge in [-0.15, -0.1) is 0 Å². The van der Waals surface area contributed by atoms with Gasteiger partial charge < -0.3 is 21.1 Å². The molecule has 0 amide bonds. The van der Waals surface area contributed by atoms with Gasteiger partial charge in [-0.1, -0.05) is 64.7 Å². The first-order valence-corrected chi connectivity index (χ1v) is 10.6. The van der Waals surface area contributed by atoms with Crippen LogP contribution in [0.3, 0.4) is 0 Å². The minimum Gasteiger partial charge on any atom is -0.481 e. The number of carboxylic acid groups (broad SMARTS) is 1. The lowest BCUT2D eigenvalue weighted by atomic mass is 10.1. The van der Waals surface area contributed by atoms with Crippen LogP contribution in [0.25, 0.3) is 0 Å². The number of aliphatic carboxylic acids is 1. The van der Waals surface area contributed by atoms with Gasteiger partial charge in [0.15, 0.2) is 0 Å². The number of hydrogen-bond acceptors (Lipinski definition) is 4. The summed E-state index contributed by atoms with van der Waals surface area (Å²) in [7, 11) is 0. The van der Waals surface area contributed by atoms with Crippen molar-refractivity contribution in [2.75, 3.05) is 39.3 Å². The van der Waals surface area contributed by atoms with Crippen LogP contribution in [0.4, 0.5) is 0 Å². The molecule has 0 aliphatic rings. The number of carbonyl (C=O) groups is 1. The number of nitrogens with zero attached hydrogens (tertiary/aromatic N) is 1. The molecular formula is C20H43N3O2. The molecule has 5 heteroatoms. The molecule has 0 radical (unpaired) electrons. The fourth-order valence-electron chi connectivity index (χ4n) is 3.08.